The maximum atomic E-state index is 11.0. The lowest BCUT2D eigenvalue weighted by atomic mass is 10.3. The molecule has 0 N–H and O–H groups in total. The molecule has 0 saturated carbocycles. The van der Waals surface area contributed by atoms with Crippen molar-refractivity contribution in [3.63, 3.8) is 0 Å². The zero-order chi connectivity index (χ0) is 9.30. The van der Waals surface area contributed by atoms with E-state index in [9.17, 15) is 14.9 Å². The zero-order valence-corrected chi connectivity index (χ0v) is 6.90. The van der Waals surface area contributed by atoms with Gasteiger partial charge in [0.25, 0.3) is 11.6 Å². The molecule has 1 aliphatic heterocycles. The van der Waals surface area contributed by atoms with Gasteiger partial charge in [0.1, 0.15) is 12.6 Å². The Morgan fingerprint density at radius 3 is 2.50 bits per heavy atom. The van der Waals surface area contributed by atoms with Gasteiger partial charge in [-0.15, -0.1) is 0 Å². The average molecular weight is 169 g/mol. The lowest BCUT2D eigenvalue weighted by Gasteiger charge is -2.18. The van der Waals surface area contributed by atoms with Crippen LogP contribution < -0.4 is 0 Å². The Balaban J connectivity index is 2.74. The lowest BCUT2D eigenvalue weighted by molar-refractivity contribution is -0.426. The Morgan fingerprint density at radius 1 is 1.67 bits per heavy atom. The number of rotatable bonds is 2. The fourth-order valence-corrected chi connectivity index (χ4v) is 0.988. The number of carbonyl (C=O) groups is 1. The van der Waals surface area contributed by atoms with Gasteiger partial charge in [0.15, 0.2) is 0 Å². The van der Waals surface area contributed by atoms with Gasteiger partial charge in [-0.25, -0.2) is 0 Å². The monoisotopic (exact) mass is 169 g/mol. The van der Waals surface area contributed by atoms with Crippen LogP contribution >= 0.6 is 0 Å². The molecule has 1 aliphatic rings. The minimum absolute atomic E-state index is 0.0116. The summed E-state index contributed by atoms with van der Waals surface area (Å²) in [7, 11) is 0. The van der Waals surface area contributed by atoms with Crippen LogP contribution in [0.5, 0.6) is 0 Å². The first-order valence-electron chi connectivity index (χ1n) is 3.60. The third-order valence-corrected chi connectivity index (χ3v) is 1.68. The van der Waals surface area contributed by atoms with Gasteiger partial charge < -0.3 is 4.90 Å². The molecule has 0 aliphatic carbocycles. The molecule has 0 fully saturated rings. The topological polar surface area (TPSA) is 63.4 Å². The molecule has 0 aromatic carbocycles. The zero-order valence-electron chi connectivity index (χ0n) is 6.90. The van der Waals surface area contributed by atoms with Crippen LogP contribution in [0.2, 0.25) is 0 Å². The Labute approximate surface area is 69.8 Å². The summed E-state index contributed by atoms with van der Waals surface area (Å²) in [5.41, 5.74) is -0.145. The van der Waals surface area contributed by atoms with Crippen molar-refractivity contribution in [3.8, 4) is 0 Å². The normalized spacial score (nSPS) is 17.1. The summed E-state index contributed by atoms with van der Waals surface area (Å²) in [6.45, 7) is 3.69. The smallest absolute Gasteiger partial charge is 0.279 e. The Hall–Kier alpha value is -1.39. The summed E-state index contributed by atoms with van der Waals surface area (Å²) >= 11 is 0. The van der Waals surface area contributed by atoms with Crippen molar-refractivity contribution in [3.05, 3.63) is 21.9 Å². The van der Waals surface area contributed by atoms with Crippen LogP contribution in [-0.2, 0) is 4.79 Å². The maximum absolute atomic E-state index is 11.0. The third kappa shape index (κ3) is 1.44. The van der Waals surface area contributed by atoms with Gasteiger partial charge in [0.2, 0.25) is 0 Å². The molecule has 1 rings (SSSR count). The summed E-state index contributed by atoms with van der Waals surface area (Å²) in [4.78, 5) is 22.1. The van der Waals surface area contributed by atoms with Gasteiger partial charge in [0.05, 0.1) is 4.92 Å². The molecule has 0 aromatic rings. The molecule has 12 heavy (non-hydrogen) atoms. The first kappa shape index (κ1) is 8.70. The fraction of sp³-hybridized carbons (Fsp3) is 0.571. The van der Waals surface area contributed by atoms with Crippen LogP contribution in [-0.4, -0.2) is 28.3 Å². The van der Waals surface area contributed by atoms with E-state index in [1.165, 1.54) is 4.90 Å². The van der Waals surface area contributed by atoms with Gasteiger partial charge in [0, 0.05) is 6.04 Å². The van der Waals surface area contributed by atoms with E-state index in [0.717, 1.165) is 0 Å². The second kappa shape index (κ2) is 2.92. The molecule has 0 unspecified atom stereocenters. The van der Waals surface area contributed by atoms with Gasteiger partial charge in [-0.3, -0.25) is 14.9 Å². The molecule has 0 aromatic heterocycles. The molecule has 0 saturated heterocycles. The quantitative estimate of drug-likeness (QED) is 0.438. The Morgan fingerprint density at radius 2 is 2.25 bits per heavy atom. The second-order valence-corrected chi connectivity index (χ2v) is 2.86. The summed E-state index contributed by atoms with van der Waals surface area (Å²) in [6, 6.07) is -0.0116. The highest BCUT2D eigenvalue weighted by Crippen LogP contribution is 2.12. The summed E-state index contributed by atoms with van der Waals surface area (Å²) in [5.74, 6) is -0.392. The van der Waals surface area contributed by atoms with E-state index in [0.29, 0.717) is 0 Å². The molecule has 0 spiro atoms. The van der Waals surface area contributed by atoms with Crippen molar-refractivity contribution in [1.82, 2.24) is 4.90 Å². The summed E-state index contributed by atoms with van der Waals surface area (Å²) in [5, 5.41) is 10.2. The maximum Gasteiger partial charge on any atom is 0.279 e. The van der Waals surface area contributed by atoms with Crippen LogP contribution in [0.1, 0.15) is 13.8 Å². The van der Waals surface area contributed by atoms with E-state index in [4.69, 9.17) is 0 Å². The number of hydrogen-bond acceptors (Lipinski definition) is 3. The van der Waals surface area contributed by atoms with Crippen LogP contribution in [0.4, 0.5) is 0 Å². The van der Waals surface area contributed by atoms with E-state index < -0.39 is 10.8 Å². The van der Waals surface area contributed by atoms with Gasteiger partial charge >= 0.3 is 0 Å². The molecule has 0 atom stereocenters. The van der Waals surface area contributed by atoms with Crippen molar-refractivity contribution >= 4 is 5.91 Å². The predicted molar refractivity (Wildman–Crippen MR) is 40.6 cm³/mol. The molecule has 1 heterocycles. The van der Waals surface area contributed by atoms with Crippen LogP contribution in [0.15, 0.2) is 5.70 Å². The Bertz CT molecular complexity index is 257. The first-order valence-corrected chi connectivity index (χ1v) is 3.60. The molecule has 1 radical (unpaired) electrons. The second-order valence-electron chi connectivity index (χ2n) is 2.86. The molecular weight excluding hydrogens is 160 g/mol. The van der Waals surface area contributed by atoms with Crippen molar-refractivity contribution in [2.24, 2.45) is 0 Å². The number of nitrogens with zero attached hydrogens (tertiary/aromatic N) is 2. The minimum Gasteiger partial charge on any atom is -0.325 e. The molecular formula is C7H9N2O3. The highest BCUT2D eigenvalue weighted by Gasteiger charge is 2.31. The summed E-state index contributed by atoms with van der Waals surface area (Å²) < 4.78 is 0. The molecule has 0 bridgehead atoms. The number of hydrogen-bond donors (Lipinski definition) is 0. The van der Waals surface area contributed by atoms with E-state index >= 15 is 0 Å². The van der Waals surface area contributed by atoms with Crippen molar-refractivity contribution in [2.75, 3.05) is 6.54 Å². The highest BCUT2D eigenvalue weighted by molar-refractivity contribution is 5.86. The van der Waals surface area contributed by atoms with Gasteiger partial charge in [-0.2, -0.15) is 0 Å². The van der Waals surface area contributed by atoms with Crippen molar-refractivity contribution in [1.29, 1.82) is 0 Å². The van der Waals surface area contributed by atoms with Crippen molar-refractivity contribution in [2.45, 2.75) is 19.9 Å². The number of carbonyl (C=O) groups excluding carboxylic acids is 1. The summed E-state index contributed by atoms with van der Waals surface area (Å²) in [6.07, 6.45) is 2.19. The van der Waals surface area contributed by atoms with Crippen LogP contribution in [0, 0.1) is 16.2 Å². The highest BCUT2D eigenvalue weighted by atomic mass is 16.6. The lowest BCUT2D eigenvalue weighted by Crippen LogP contribution is -2.33. The fourth-order valence-electron chi connectivity index (χ4n) is 0.988. The third-order valence-electron chi connectivity index (χ3n) is 1.68. The molecule has 5 nitrogen and oxygen atoms in total. The van der Waals surface area contributed by atoms with E-state index in [2.05, 4.69) is 6.08 Å². The van der Waals surface area contributed by atoms with E-state index in [1.807, 2.05) is 13.8 Å². The number of amides is 1. The minimum atomic E-state index is -0.569. The van der Waals surface area contributed by atoms with E-state index in [1.54, 1.807) is 0 Å². The molecule has 1 amide bonds. The standard InChI is InChI=1S/C7H9N2O3/c1-5(2)8-4-6(9(11)12)3-7(8)10/h5H,4H2,1-2H3. The Kier molecular flexibility index (Phi) is 2.12. The van der Waals surface area contributed by atoms with Crippen LogP contribution in [0.25, 0.3) is 0 Å². The van der Waals surface area contributed by atoms with E-state index in [-0.39, 0.29) is 18.3 Å². The molecule has 5 heteroatoms. The SMILES string of the molecule is CC(C)N1CC([N+](=O)[O-])=[C]C1=O. The van der Waals surface area contributed by atoms with Crippen LogP contribution in [0.3, 0.4) is 0 Å². The average Bonchev–Trinajstić information content (AvgIpc) is 2.30. The number of nitro groups is 1. The first-order chi connectivity index (χ1) is 5.52. The van der Waals surface area contributed by atoms with Gasteiger partial charge in [-0.05, 0) is 13.8 Å². The van der Waals surface area contributed by atoms with Crippen molar-refractivity contribution < 1.29 is 9.72 Å². The molecule has 65 valence electrons. The van der Waals surface area contributed by atoms with Gasteiger partial charge in [-0.1, -0.05) is 0 Å². The largest absolute Gasteiger partial charge is 0.325 e. The predicted octanol–water partition coefficient (Wildman–Crippen LogP) is 0.201.